The normalized spacial score (nSPS) is 14.5. The second-order valence-corrected chi connectivity index (χ2v) is 6.41. The van der Waals surface area contributed by atoms with Gasteiger partial charge in [0.1, 0.15) is 11.5 Å². The Hall–Kier alpha value is -0.260. The Kier molecular flexibility index (Phi) is 5.98. The number of unbranched alkanes of at least 4 members (excludes halogenated alkanes) is 1. The Balaban J connectivity index is 1.70. The van der Waals surface area contributed by atoms with Gasteiger partial charge >= 0.3 is 0 Å². The summed E-state index contributed by atoms with van der Waals surface area (Å²) in [4.78, 5) is 0. The van der Waals surface area contributed by atoms with Gasteiger partial charge < -0.3 is 14.8 Å². The molecule has 2 rings (SSSR count). The van der Waals surface area contributed by atoms with Gasteiger partial charge in [-0.2, -0.15) is 0 Å². The van der Waals surface area contributed by atoms with Crippen LogP contribution >= 0.6 is 31.9 Å². The molecule has 0 atom stereocenters. The number of methoxy groups -OCH3 is 1. The van der Waals surface area contributed by atoms with Crippen LogP contribution < -0.4 is 14.8 Å². The van der Waals surface area contributed by atoms with E-state index in [1.54, 1.807) is 7.11 Å². The van der Waals surface area contributed by atoms with Gasteiger partial charge in [-0.3, -0.25) is 0 Å². The molecule has 0 bridgehead atoms. The fourth-order valence-corrected chi connectivity index (χ4v) is 2.70. The average Bonchev–Trinajstić information content (AvgIpc) is 3.21. The van der Waals surface area contributed by atoms with E-state index in [1.165, 1.54) is 12.8 Å². The van der Waals surface area contributed by atoms with Crippen molar-refractivity contribution in [1.29, 1.82) is 0 Å². The minimum absolute atomic E-state index is 0.740. The summed E-state index contributed by atoms with van der Waals surface area (Å²) >= 11 is 6.96. The lowest BCUT2D eigenvalue weighted by atomic mass is 10.3. The second kappa shape index (κ2) is 7.50. The lowest BCUT2D eigenvalue weighted by molar-refractivity contribution is 0.303. The highest BCUT2D eigenvalue weighted by Crippen LogP contribution is 2.36. The highest BCUT2D eigenvalue weighted by Gasteiger charge is 2.19. The van der Waals surface area contributed by atoms with Crippen LogP contribution in [0.5, 0.6) is 11.5 Å². The Morgan fingerprint density at radius 2 is 1.84 bits per heavy atom. The minimum Gasteiger partial charge on any atom is -0.496 e. The number of halogens is 2. The van der Waals surface area contributed by atoms with Crippen LogP contribution in [0.1, 0.15) is 25.7 Å². The average molecular weight is 393 g/mol. The maximum atomic E-state index is 5.78. The van der Waals surface area contributed by atoms with E-state index < -0.39 is 0 Å². The third-order valence-electron chi connectivity index (χ3n) is 3.05. The van der Waals surface area contributed by atoms with Gasteiger partial charge in [0.15, 0.2) is 0 Å². The molecule has 0 amide bonds. The van der Waals surface area contributed by atoms with Crippen molar-refractivity contribution in [2.45, 2.75) is 31.7 Å². The Bertz CT molecular complexity index is 422. The molecule has 0 aromatic heterocycles. The van der Waals surface area contributed by atoms with Crippen LogP contribution in [-0.2, 0) is 0 Å². The summed E-state index contributed by atoms with van der Waals surface area (Å²) < 4.78 is 12.8. The van der Waals surface area contributed by atoms with E-state index in [4.69, 9.17) is 9.47 Å². The van der Waals surface area contributed by atoms with Gasteiger partial charge in [0.2, 0.25) is 0 Å². The van der Waals surface area contributed by atoms with Crippen LogP contribution in [0.4, 0.5) is 0 Å². The molecule has 0 aliphatic heterocycles. The van der Waals surface area contributed by atoms with Crippen molar-refractivity contribution >= 4 is 31.9 Å². The third kappa shape index (κ3) is 4.97. The monoisotopic (exact) mass is 391 g/mol. The first kappa shape index (κ1) is 15.1. The number of benzene rings is 1. The Morgan fingerprint density at radius 1 is 1.16 bits per heavy atom. The molecule has 5 heteroatoms. The van der Waals surface area contributed by atoms with Gasteiger partial charge in [0, 0.05) is 6.04 Å². The van der Waals surface area contributed by atoms with Crippen LogP contribution in [0.3, 0.4) is 0 Å². The summed E-state index contributed by atoms with van der Waals surface area (Å²) in [6.45, 7) is 1.84. The molecular weight excluding hydrogens is 374 g/mol. The van der Waals surface area contributed by atoms with E-state index in [1.807, 2.05) is 12.1 Å². The Labute approximate surface area is 131 Å². The van der Waals surface area contributed by atoms with E-state index in [0.29, 0.717) is 0 Å². The molecule has 0 saturated heterocycles. The first-order valence-corrected chi connectivity index (χ1v) is 8.18. The molecule has 1 aliphatic rings. The molecular formula is C14H19Br2NO2. The number of hydrogen-bond donors (Lipinski definition) is 1. The highest BCUT2D eigenvalue weighted by molar-refractivity contribution is 9.11. The molecule has 3 nitrogen and oxygen atoms in total. The predicted molar refractivity (Wildman–Crippen MR) is 84.1 cm³/mol. The molecule has 0 heterocycles. The zero-order valence-electron chi connectivity index (χ0n) is 11.0. The number of ether oxygens (including phenoxy) is 2. The van der Waals surface area contributed by atoms with E-state index in [9.17, 15) is 0 Å². The molecule has 1 fully saturated rings. The van der Waals surface area contributed by atoms with Gasteiger partial charge in [0.05, 0.1) is 22.7 Å². The van der Waals surface area contributed by atoms with Gasteiger partial charge in [0.25, 0.3) is 0 Å². The summed E-state index contributed by atoms with van der Waals surface area (Å²) in [5.41, 5.74) is 0. The summed E-state index contributed by atoms with van der Waals surface area (Å²) in [5.74, 6) is 1.65. The van der Waals surface area contributed by atoms with E-state index in [2.05, 4.69) is 37.2 Å². The van der Waals surface area contributed by atoms with Crippen LogP contribution in [0.2, 0.25) is 0 Å². The summed E-state index contributed by atoms with van der Waals surface area (Å²) in [7, 11) is 1.65. The quantitative estimate of drug-likeness (QED) is 0.674. The maximum Gasteiger partial charge on any atom is 0.134 e. The molecule has 0 radical (unpaired) electrons. The molecule has 1 aliphatic carbocycles. The number of hydrogen-bond acceptors (Lipinski definition) is 3. The summed E-state index contributed by atoms with van der Waals surface area (Å²) in [6.07, 6.45) is 4.92. The van der Waals surface area contributed by atoms with Crippen molar-refractivity contribution < 1.29 is 9.47 Å². The first-order chi connectivity index (χ1) is 9.20. The SMILES string of the molecule is COc1cc(Br)c(OCCCCNC2CC2)cc1Br. The fourth-order valence-electron chi connectivity index (χ4n) is 1.78. The topological polar surface area (TPSA) is 30.5 Å². The van der Waals surface area contributed by atoms with Crippen molar-refractivity contribution in [3.8, 4) is 11.5 Å². The number of nitrogens with one attached hydrogen (secondary N) is 1. The summed E-state index contributed by atoms with van der Waals surface area (Å²) in [6, 6.07) is 4.65. The van der Waals surface area contributed by atoms with Crippen molar-refractivity contribution in [2.75, 3.05) is 20.3 Å². The molecule has 0 spiro atoms. The number of rotatable bonds is 8. The first-order valence-electron chi connectivity index (χ1n) is 6.60. The molecule has 1 N–H and O–H groups in total. The summed E-state index contributed by atoms with van der Waals surface area (Å²) in [5, 5.41) is 3.50. The smallest absolute Gasteiger partial charge is 0.134 e. The van der Waals surface area contributed by atoms with Crippen molar-refractivity contribution in [2.24, 2.45) is 0 Å². The lowest BCUT2D eigenvalue weighted by Gasteiger charge is -2.11. The predicted octanol–water partition coefficient (Wildman–Crippen LogP) is 4.13. The van der Waals surface area contributed by atoms with Gasteiger partial charge in [-0.25, -0.2) is 0 Å². The van der Waals surface area contributed by atoms with Crippen molar-refractivity contribution in [3.05, 3.63) is 21.1 Å². The van der Waals surface area contributed by atoms with Gasteiger partial charge in [-0.05, 0) is 76.2 Å². The molecule has 19 heavy (non-hydrogen) atoms. The second-order valence-electron chi connectivity index (χ2n) is 4.70. The van der Waals surface area contributed by atoms with Gasteiger partial charge in [-0.1, -0.05) is 0 Å². The van der Waals surface area contributed by atoms with Crippen LogP contribution in [0.25, 0.3) is 0 Å². The molecule has 106 valence electrons. The van der Waals surface area contributed by atoms with E-state index in [0.717, 1.165) is 52.5 Å². The maximum absolute atomic E-state index is 5.78. The molecule has 1 aromatic carbocycles. The third-order valence-corrected chi connectivity index (χ3v) is 4.28. The molecule has 1 aromatic rings. The van der Waals surface area contributed by atoms with Crippen molar-refractivity contribution in [3.63, 3.8) is 0 Å². The standard InChI is InChI=1S/C14H19Br2NO2/c1-18-13-8-12(16)14(9-11(13)15)19-7-3-2-6-17-10-4-5-10/h8-10,17H,2-7H2,1H3. The largest absolute Gasteiger partial charge is 0.496 e. The van der Waals surface area contributed by atoms with Crippen LogP contribution in [0, 0.1) is 0 Å². The van der Waals surface area contributed by atoms with E-state index in [-0.39, 0.29) is 0 Å². The molecule has 0 unspecified atom stereocenters. The van der Waals surface area contributed by atoms with Gasteiger partial charge in [-0.15, -0.1) is 0 Å². The minimum atomic E-state index is 0.740. The highest BCUT2D eigenvalue weighted by atomic mass is 79.9. The fraction of sp³-hybridized carbons (Fsp3) is 0.571. The Morgan fingerprint density at radius 3 is 2.53 bits per heavy atom. The van der Waals surface area contributed by atoms with E-state index >= 15 is 0 Å². The lowest BCUT2D eigenvalue weighted by Crippen LogP contribution is -2.17. The molecule has 1 saturated carbocycles. The zero-order valence-corrected chi connectivity index (χ0v) is 14.2. The van der Waals surface area contributed by atoms with Crippen LogP contribution in [0.15, 0.2) is 21.1 Å². The van der Waals surface area contributed by atoms with Crippen molar-refractivity contribution in [1.82, 2.24) is 5.32 Å². The zero-order chi connectivity index (χ0) is 13.7. The van der Waals surface area contributed by atoms with Crippen LogP contribution in [-0.4, -0.2) is 26.3 Å².